The molecule has 0 aromatic heterocycles. The number of rotatable bonds is 2. The highest BCUT2D eigenvalue weighted by Crippen LogP contribution is 2.11. The third-order valence-corrected chi connectivity index (χ3v) is 2.65. The van der Waals surface area contributed by atoms with Crippen LogP contribution in [0.5, 0.6) is 0 Å². The van der Waals surface area contributed by atoms with Crippen molar-refractivity contribution >= 4 is 24.0 Å². The first-order valence-electron chi connectivity index (χ1n) is 4.90. The molecule has 1 heterocycles. The molecule has 1 aromatic carbocycles. The summed E-state index contributed by atoms with van der Waals surface area (Å²) in [7, 11) is 0. The molecule has 1 aliphatic rings. The fourth-order valence-corrected chi connectivity index (χ4v) is 1.78. The normalized spacial score (nSPS) is 20.7. The molecule has 84 valence electrons. The zero-order valence-electron chi connectivity index (χ0n) is 8.41. The molecular formula is C11H15Cl2NO. The van der Waals surface area contributed by atoms with Gasteiger partial charge in [0.15, 0.2) is 0 Å². The molecule has 1 aromatic rings. The van der Waals surface area contributed by atoms with Crippen LogP contribution in [0.2, 0.25) is 5.02 Å². The Morgan fingerprint density at radius 2 is 2.07 bits per heavy atom. The maximum absolute atomic E-state index is 5.81. The van der Waals surface area contributed by atoms with Crippen LogP contribution in [0.3, 0.4) is 0 Å². The number of benzene rings is 1. The van der Waals surface area contributed by atoms with Crippen molar-refractivity contribution in [3.63, 3.8) is 0 Å². The quantitative estimate of drug-likeness (QED) is 0.867. The van der Waals surface area contributed by atoms with E-state index >= 15 is 0 Å². The summed E-state index contributed by atoms with van der Waals surface area (Å²) in [6.45, 7) is 2.60. The lowest BCUT2D eigenvalue weighted by atomic mass is 10.1. The van der Waals surface area contributed by atoms with E-state index < -0.39 is 0 Å². The number of nitrogens with one attached hydrogen (secondary N) is 1. The average Bonchev–Trinajstić information content (AvgIpc) is 2.23. The highest BCUT2D eigenvalue weighted by molar-refractivity contribution is 6.30. The van der Waals surface area contributed by atoms with Crippen molar-refractivity contribution < 1.29 is 4.74 Å². The zero-order valence-corrected chi connectivity index (χ0v) is 9.98. The summed E-state index contributed by atoms with van der Waals surface area (Å²) in [6, 6.07) is 8.45. The Labute approximate surface area is 101 Å². The molecule has 4 heteroatoms. The summed E-state index contributed by atoms with van der Waals surface area (Å²) in [5.74, 6) is 0. The molecule has 0 amide bonds. The molecule has 1 fully saturated rings. The molecule has 0 spiro atoms. The molecule has 1 saturated heterocycles. The summed E-state index contributed by atoms with van der Waals surface area (Å²) in [5, 5.41) is 4.22. The second-order valence-corrected chi connectivity index (χ2v) is 3.99. The first-order chi connectivity index (χ1) is 6.84. The smallest absolute Gasteiger partial charge is 0.0623 e. The molecule has 0 bridgehead atoms. The first kappa shape index (κ1) is 12.8. The minimum absolute atomic E-state index is 0. The molecule has 1 unspecified atom stereocenters. The number of halogens is 2. The number of hydrogen-bond acceptors (Lipinski definition) is 2. The highest BCUT2D eigenvalue weighted by Gasteiger charge is 2.12. The van der Waals surface area contributed by atoms with Crippen LogP contribution in [0.4, 0.5) is 0 Å². The van der Waals surface area contributed by atoms with Gasteiger partial charge < -0.3 is 10.1 Å². The maximum atomic E-state index is 5.81. The van der Waals surface area contributed by atoms with Gasteiger partial charge in [0, 0.05) is 17.6 Å². The first-order valence-corrected chi connectivity index (χ1v) is 5.28. The molecule has 1 aliphatic heterocycles. The number of hydrogen-bond donors (Lipinski definition) is 1. The molecule has 2 rings (SSSR count). The highest BCUT2D eigenvalue weighted by atomic mass is 35.5. The summed E-state index contributed by atoms with van der Waals surface area (Å²) in [5.41, 5.74) is 1.30. The number of morpholine rings is 1. The zero-order chi connectivity index (χ0) is 9.80. The van der Waals surface area contributed by atoms with E-state index in [2.05, 4.69) is 17.4 Å². The summed E-state index contributed by atoms with van der Waals surface area (Å²) >= 11 is 5.81. The van der Waals surface area contributed by atoms with E-state index in [-0.39, 0.29) is 12.4 Å². The van der Waals surface area contributed by atoms with Crippen LogP contribution in [0.25, 0.3) is 0 Å². The standard InChI is InChI=1S/C11H14ClNO.ClH/c12-10-3-1-9(2-4-10)7-11-8-14-6-5-13-11;/h1-4,11,13H,5-8H2;1H. The van der Waals surface area contributed by atoms with Crippen LogP contribution in [0.1, 0.15) is 5.56 Å². The predicted octanol–water partition coefficient (Wildman–Crippen LogP) is 2.29. The van der Waals surface area contributed by atoms with E-state index in [1.807, 2.05) is 12.1 Å². The van der Waals surface area contributed by atoms with Crippen molar-refractivity contribution in [1.82, 2.24) is 5.32 Å². The van der Waals surface area contributed by atoms with Crippen LogP contribution >= 0.6 is 24.0 Å². The molecule has 0 aliphatic carbocycles. The molecule has 1 N–H and O–H groups in total. The fourth-order valence-electron chi connectivity index (χ4n) is 1.66. The lowest BCUT2D eigenvalue weighted by Gasteiger charge is -2.23. The van der Waals surface area contributed by atoms with E-state index in [0.717, 1.165) is 31.2 Å². The average molecular weight is 248 g/mol. The van der Waals surface area contributed by atoms with Gasteiger partial charge in [-0.05, 0) is 24.1 Å². The van der Waals surface area contributed by atoms with Gasteiger partial charge in [-0.2, -0.15) is 0 Å². The summed E-state index contributed by atoms with van der Waals surface area (Å²) in [6.07, 6.45) is 1.01. The SMILES string of the molecule is Cl.Clc1ccc(CC2COCCN2)cc1. The van der Waals surface area contributed by atoms with Crippen LogP contribution in [-0.2, 0) is 11.2 Å². The van der Waals surface area contributed by atoms with Crippen molar-refractivity contribution in [2.75, 3.05) is 19.8 Å². The Balaban J connectivity index is 0.00000112. The molecular weight excluding hydrogens is 233 g/mol. The van der Waals surface area contributed by atoms with Crippen LogP contribution in [-0.4, -0.2) is 25.8 Å². The molecule has 0 radical (unpaired) electrons. The predicted molar refractivity (Wildman–Crippen MR) is 65.0 cm³/mol. The van der Waals surface area contributed by atoms with Crippen LogP contribution < -0.4 is 5.32 Å². The maximum Gasteiger partial charge on any atom is 0.0623 e. The minimum Gasteiger partial charge on any atom is -0.379 e. The van der Waals surface area contributed by atoms with Crippen molar-refractivity contribution in [2.24, 2.45) is 0 Å². The van der Waals surface area contributed by atoms with Gasteiger partial charge in [0.05, 0.1) is 13.2 Å². The number of ether oxygens (including phenoxy) is 1. The van der Waals surface area contributed by atoms with Gasteiger partial charge in [0.2, 0.25) is 0 Å². The van der Waals surface area contributed by atoms with Crippen LogP contribution in [0.15, 0.2) is 24.3 Å². The van der Waals surface area contributed by atoms with E-state index in [0.29, 0.717) is 6.04 Å². The second kappa shape index (κ2) is 6.33. The Bertz CT molecular complexity index is 283. The Hall–Kier alpha value is -0.280. The van der Waals surface area contributed by atoms with Gasteiger partial charge in [0.1, 0.15) is 0 Å². The van der Waals surface area contributed by atoms with Crippen LogP contribution in [0, 0.1) is 0 Å². The molecule has 0 saturated carbocycles. The lowest BCUT2D eigenvalue weighted by Crippen LogP contribution is -2.42. The van der Waals surface area contributed by atoms with Gasteiger partial charge in [0.25, 0.3) is 0 Å². The second-order valence-electron chi connectivity index (χ2n) is 3.56. The monoisotopic (exact) mass is 247 g/mol. The molecule has 1 atom stereocenters. The van der Waals surface area contributed by atoms with E-state index in [4.69, 9.17) is 16.3 Å². The largest absolute Gasteiger partial charge is 0.379 e. The third-order valence-electron chi connectivity index (χ3n) is 2.39. The van der Waals surface area contributed by atoms with Gasteiger partial charge in [-0.15, -0.1) is 12.4 Å². The van der Waals surface area contributed by atoms with Gasteiger partial charge in [-0.3, -0.25) is 0 Å². The summed E-state index contributed by atoms with van der Waals surface area (Å²) in [4.78, 5) is 0. The Kier molecular flexibility index (Phi) is 5.40. The van der Waals surface area contributed by atoms with Crippen molar-refractivity contribution in [2.45, 2.75) is 12.5 Å². The van der Waals surface area contributed by atoms with Crippen molar-refractivity contribution in [3.05, 3.63) is 34.9 Å². The molecule has 15 heavy (non-hydrogen) atoms. The Morgan fingerprint density at radius 1 is 1.33 bits per heavy atom. The third kappa shape index (κ3) is 3.99. The van der Waals surface area contributed by atoms with Crippen molar-refractivity contribution in [3.8, 4) is 0 Å². The van der Waals surface area contributed by atoms with Gasteiger partial charge in [-0.1, -0.05) is 23.7 Å². The van der Waals surface area contributed by atoms with Crippen molar-refractivity contribution in [1.29, 1.82) is 0 Å². The minimum atomic E-state index is 0. The van der Waals surface area contributed by atoms with E-state index in [9.17, 15) is 0 Å². The topological polar surface area (TPSA) is 21.3 Å². The van der Waals surface area contributed by atoms with E-state index in [1.165, 1.54) is 5.56 Å². The van der Waals surface area contributed by atoms with E-state index in [1.54, 1.807) is 0 Å². The lowest BCUT2D eigenvalue weighted by molar-refractivity contribution is 0.0770. The Morgan fingerprint density at radius 3 is 2.67 bits per heavy atom. The fraction of sp³-hybridized carbons (Fsp3) is 0.455. The summed E-state index contributed by atoms with van der Waals surface area (Å²) < 4.78 is 5.39. The van der Waals surface area contributed by atoms with Gasteiger partial charge in [-0.25, -0.2) is 0 Å². The molecule has 2 nitrogen and oxygen atoms in total. The van der Waals surface area contributed by atoms with Gasteiger partial charge >= 0.3 is 0 Å².